The molecule has 1 aliphatic heterocycles. The first-order valence-electron chi connectivity index (χ1n) is 12.4. The van der Waals surface area contributed by atoms with Crippen LogP contribution in [0.25, 0.3) is 33.3 Å². The van der Waals surface area contributed by atoms with Crippen molar-refractivity contribution in [2.45, 2.75) is 31.8 Å². The Morgan fingerprint density at radius 3 is 2.50 bits per heavy atom. The number of hydrogen-bond donors (Lipinski definition) is 1. The van der Waals surface area contributed by atoms with Crippen LogP contribution in [0.3, 0.4) is 0 Å². The van der Waals surface area contributed by atoms with Gasteiger partial charge in [0.05, 0.1) is 25.2 Å². The molecular formula is C30H29N3O3. The van der Waals surface area contributed by atoms with Crippen molar-refractivity contribution in [3.05, 3.63) is 89.7 Å². The number of aliphatic hydroxyl groups is 1. The summed E-state index contributed by atoms with van der Waals surface area (Å²) in [6, 6.07) is 22.2. The van der Waals surface area contributed by atoms with Crippen LogP contribution in [0, 0.1) is 0 Å². The van der Waals surface area contributed by atoms with Gasteiger partial charge in [0.2, 0.25) is 5.91 Å². The van der Waals surface area contributed by atoms with Gasteiger partial charge in [0.1, 0.15) is 22.6 Å². The molecule has 0 unspecified atom stereocenters. The first-order chi connectivity index (χ1) is 17.3. The third kappa shape index (κ3) is 3.78. The highest BCUT2D eigenvalue weighted by Crippen LogP contribution is 2.34. The average molecular weight is 480 g/mol. The molecule has 2 aromatic heterocycles. The zero-order valence-corrected chi connectivity index (χ0v) is 20.7. The second-order valence-corrected chi connectivity index (χ2v) is 10.2. The van der Waals surface area contributed by atoms with E-state index in [0.29, 0.717) is 11.6 Å². The minimum atomic E-state index is -1.13. The number of para-hydroxylation sites is 1. The summed E-state index contributed by atoms with van der Waals surface area (Å²) in [7, 11) is 1.93. The maximum Gasteiger partial charge on any atom is 0.227 e. The van der Waals surface area contributed by atoms with E-state index in [1.54, 1.807) is 4.90 Å². The van der Waals surface area contributed by atoms with Crippen LogP contribution >= 0.6 is 0 Å². The van der Waals surface area contributed by atoms with Crippen LogP contribution in [0.1, 0.15) is 36.6 Å². The number of furan rings is 1. The Morgan fingerprint density at radius 2 is 1.75 bits per heavy atom. The Bertz CT molecular complexity index is 1590. The van der Waals surface area contributed by atoms with Gasteiger partial charge in [-0.15, -0.1) is 0 Å². The molecule has 0 spiro atoms. The van der Waals surface area contributed by atoms with Crippen molar-refractivity contribution in [1.82, 2.24) is 14.5 Å². The normalized spacial score (nSPS) is 15.1. The van der Waals surface area contributed by atoms with Crippen molar-refractivity contribution in [1.29, 1.82) is 0 Å². The van der Waals surface area contributed by atoms with Gasteiger partial charge in [-0.2, -0.15) is 0 Å². The highest BCUT2D eigenvalue weighted by molar-refractivity contribution is 6.05. The summed E-state index contributed by atoms with van der Waals surface area (Å²) >= 11 is 0. The lowest BCUT2D eigenvalue weighted by molar-refractivity contribution is -0.157. The molecule has 1 amide bonds. The minimum absolute atomic E-state index is 0.00717. The van der Waals surface area contributed by atoms with Gasteiger partial charge in [-0.3, -0.25) is 4.79 Å². The molecule has 0 aliphatic carbocycles. The molecule has 36 heavy (non-hydrogen) atoms. The number of hydrogen-bond acceptors (Lipinski definition) is 4. The monoisotopic (exact) mass is 479 g/mol. The quantitative estimate of drug-likeness (QED) is 0.367. The van der Waals surface area contributed by atoms with Gasteiger partial charge in [-0.1, -0.05) is 62.4 Å². The Kier molecular flexibility index (Phi) is 5.23. The van der Waals surface area contributed by atoms with Crippen molar-refractivity contribution in [3.8, 4) is 11.4 Å². The standard InChI is InChI=1S/C30H29N3O3/c1-19(2)21-9-11-22(12-10-21)29-31-27(16-32(29)3)30(35)17-33(18-30)28(34)15-20-8-13-26-24(14-20)23-6-4-5-7-25(23)36-26/h4-14,16,19,35H,15,17-18H2,1-3H3. The molecule has 6 nitrogen and oxygen atoms in total. The van der Waals surface area contributed by atoms with Crippen LogP contribution < -0.4 is 0 Å². The lowest BCUT2D eigenvalue weighted by Gasteiger charge is -2.45. The summed E-state index contributed by atoms with van der Waals surface area (Å²) in [6.45, 7) is 4.83. The summed E-state index contributed by atoms with van der Waals surface area (Å²) in [4.78, 5) is 19.4. The van der Waals surface area contributed by atoms with E-state index in [4.69, 9.17) is 9.40 Å². The van der Waals surface area contributed by atoms with Gasteiger partial charge in [-0.05, 0) is 35.2 Å². The summed E-state index contributed by atoms with van der Waals surface area (Å²) in [6.07, 6.45) is 2.15. The number of β-amino-alcohol motifs (C(OH)–C–C–N with tert-alkyl or cyclic N) is 1. The van der Waals surface area contributed by atoms with Crippen LogP contribution in [0.2, 0.25) is 0 Å². The van der Waals surface area contributed by atoms with E-state index >= 15 is 0 Å². The number of aryl methyl sites for hydroxylation is 1. The van der Waals surface area contributed by atoms with Gasteiger partial charge in [0.25, 0.3) is 0 Å². The topological polar surface area (TPSA) is 71.5 Å². The zero-order chi connectivity index (χ0) is 25.0. The molecule has 1 aliphatic rings. The van der Waals surface area contributed by atoms with E-state index in [1.807, 2.05) is 60.3 Å². The Morgan fingerprint density at radius 1 is 1.03 bits per heavy atom. The molecule has 1 saturated heterocycles. The van der Waals surface area contributed by atoms with Gasteiger partial charge in [0, 0.05) is 29.6 Å². The van der Waals surface area contributed by atoms with Crippen LogP contribution in [0.15, 0.2) is 77.3 Å². The van der Waals surface area contributed by atoms with Crippen molar-refractivity contribution in [2.75, 3.05) is 13.1 Å². The fraction of sp³-hybridized carbons (Fsp3) is 0.267. The molecule has 0 radical (unpaired) electrons. The fourth-order valence-electron chi connectivity index (χ4n) is 5.07. The molecule has 5 aromatic rings. The third-order valence-electron chi connectivity index (χ3n) is 7.24. The fourth-order valence-corrected chi connectivity index (χ4v) is 5.07. The number of aromatic nitrogens is 2. The first kappa shape index (κ1) is 22.6. The predicted octanol–water partition coefficient (Wildman–Crippen LogP) is 5.38. The van der Waals surface area contributed by atoms with Crippen LogP contribution in [0.4, 0.5) is 0 Å². The Labute approximate surface area is 209 Å². The van der Waals surface area contributed by atoms with E-state index in [2.05, 4.69) is 38.1 Å². The summed E-state index contributed by atoms with van der Waals surface area (Å²) < 4.78 is 7.83. The molecule has 0 bridgehead atoms. The highest BCUT2D eigenvalue weighted by atomic mass is 16.3. The second-order valence-electron chi connectivity index (χ2n) is 10.2. The van der Waals surface area contributed by atoms with Gasteiger partial charge in [-0.25, -0.2) is 4.98 Å². The van der Waals surface area contributed by atoms with E-state index in [0.717, 1.165) is 38.9 Å². The summed E-state index contributed by atoms with van der Waals surface area (Å²) in [5.74, 6) is 1.27. The molecule has 3 heterocycles. The number of amides is 1. The molecule has 1 fully saturated rings. The molecule has 182 valence electrons. The Balaban J connectivity index is 1.16. The van der Waals surface area contributed by atoms with Crippen LogP contribution in [0.5, 0.6) is 0 Å². The minimum Gasteiger partial charge on any atom is -0.456 e. The number of imidazole rings is 1. The maximum absolute atomic E-state index is 13.0. The maximum atomic E-state index is 13.0. The van der Waals surface area contributed by atoms with Gasteiger partial charge < -0.3 is 19.0 Å². The second kappa shape index (κ2) is 8.35. The largest absolute Gasteiger partial charge is 0.456 e. The molecular weight excluding hydrogens is 450 g/mol. The van der Waals surface area contributed by atoms with Crippen molar-refractivity contribution in [3.63, 3.8) is 0 Å². The average Bonchev–Trinajstić information content (AvgIpc) is 3.42. The van der Waals surface area contributed by atoms with Crippen LogP contribution in [-0.2, 0) is 23.9 Å². The number of carbonyl (C=O) groups is 1. The number of fused-ring (bicyclic) bond motifs is 3. The summed E-state index contributed by atoms with van der Waals surface area (Å²) in [5, 5.41) is 13.3. The molecule has 3 aromatic carbocycles. The van der Waals surface area contributed by atoms with E-state index < -0.39 is 5.60 Å². The van der Waals surface area contributed by atoms with Crippen molar-refractivity contribution in [2.24, 2.45) is 7.05 Å². The SMILES string of the molecule is CC(C)c1ccc(-c2nc(C3(O)CN(C(=O)Cc4ccc5oc6ccccc6c5c4)C3)cn2C)cc1. The lowest BCUT2D eigenvalue weighted by atomic mass is 9.90. The highest BCUT2D eigenvalue weighted by Gasteiger charge is 2.46. The van der Waals surface area contributed by atoms with Gasteiger partial charge in [0.15, 0.2) is 0 Å². The number of benzene rings is 3. The number of likely N-dealkylation sites (tertiary alicyclic amines) is 1. The Hall–Kier alpha value is -3.90. The van der Waals surface area contributed by atoms with E-state index in [-0.39, 0.29) is 25.4 Å². The van der Waals surface area contributed by atoms with Gasteiger partial charge >= 0.3 is 0 Å². The predicted molar refractivity (Wildman–Crippen MR) is 141 cm³/mol. The van der Waals surface area contributed by atoms with Crippen LogP contribution in [-0.4, -0.2) is 38.6 Å². The molecule has 0 atom stereocenters. The van der Waals surface area contributed by atoms with Crippen molar-refractivity contribution < 1.29 is 14.3 Å². The first-order valence-corrected chi connectivity index (χ1v) is 12.4. The lowest BCUT2D eigenvalue weighted by Crippen LogP contribution is -2.61. The zero-order valence-electron chi connectivity index (χ0n) is 20.7. The van der Waals surface area contributed by atoms with Crippen molar-refractivity contribution >= 4 is 27.8 Å². The molecule has 0 saturated carbocycles. The number of nitrogens with zero attached hydrogens (tertiary/aromatic N) is 3. The van der Waals surface area contributed by atoms with E-state index in [1.165, 1.54) is 5.56 Å². The summed E-state index contributed by atoms with van der Waals surface area (Å²) in [5.41, 5.74) is 4.34. The molecule has 6 heteroatoms. The third-order valence-corrected chi connectivity index (χ3v) is 7.24. The molecule has 1 N–H and O–H groups in total. The van der Waals surface area contributed by atoms with E-state index in [9.17, 15) is 9.90 Å². The smallest absolute Gasteiger partial charge is 0.227 e. The number of carbonyl (C=O) groups excluding carboxylic acids is 1. The molecule has 6 rings (SSSR count). The number of rotatable bonds is 5.